The second-order valence-electron chi connectivity index (χ2n) is 6.55. The van der Waals surface area contributed by atoms with Crippen LogP contribution in [-0.4, -0.2) is 36.1 Å². The van der Waals surface area contributed by atoms with Gasteiger partial charge >= 0.3 is 0 Å². The molecule has 0 spiro atoms. The highest BCUT2D eigenvalue weighted by Gasteiger charge is 2.30. The zero-order valence-corrected chi connectivity index (χ0v) is 13.9. The molecular weight excluding hydrogens is 302 g/mol. The molecule has 2 aliphatic rings. The maximum absolute atomic E-state index is 5.92. The molecule has 0 bridgehead atoms. The lowest BCUT2D eigenvalue weighted by Gasteiger charge is -2.21. The van der Waals surface area contributed by atoms with Gasteiger partial charge < -0.3 is 14.8 Å². The van der Waals surface area contributed by atoms with Crippen molar-refractivity contribution in [2.45, 2.75) is 12.5 Å². The molecule has 1 N–H and O–H groups in total. The lowest BCUT2D eigenvalue weighted by atomic mass is 9.97. The van der Waals surface area contributed by atoms with Crippen molar-refractivity contribution in [2.75, 3.05) is 26.3 Å². The molecule has 5 nitrogen and oxygen atoms in total. The Morgan fingerprint density at radius 2 is 2.25 bits per heavy atom. The summed E-state index contributed by atoms with van der Waals surface area (Å²) in [5.74, 6) is 1.47. The van der Waals surface area contributed by atoms with Gasteiger partial charge in [0.05, 0.1) is 12.3 Å². The molecule has 2 atom stereocenters. The minimum Gasteiger partial charge on any atom is -0.489 e. The summed E-state index contributed by atoms with van der Waals surface area (Å²) in [6, 6.07) is 8.17. The maximum Gasteiger partial charge on any atom is 0.127 e. The van der Waals surface area contributed by atoms with Gasteiger partial charge in [0.15, 0.2) is 0 Å². The van der Waals surface area contributed by atoms with Gasteiger partial charge in [0.25, 0.3) is 0 Å². The Kier molecular flexibility index (Phi) is 4.36. The van der Waals surface area contributed by atoms with E-state index in [9.17, 15) is 0 Å². The Morgan fingerprint density at radius 3 is 3.12 bits per heavy atom. The molecule has 0 amide bonds. The van der Waals surface area contributed by atoms with E-state index in [4.69, 9.17) is 9.47 Å². The fraction of sp³-hybridized carbons (Fsp3) is 0.421. The van der Waals surface area contributed by atoms with Gasteiger partial charge in [0.2, 0.25) is 0 Å². The number of hydrogen-bond acceptors (Lipinski definition) is 4. The van der Waals surface area contributed by atoms with Crippen LogP contribution in [0.4, 0.5) is 0 Å². The van der Waals surface area contributed by atoms with E-state index in [2.05, 4.69) is 28.8 Å². The van der Waals surface area contributed by atoms with E-state index in [1.807, 2.05) is 36.1 Å². The van der Waals surface area contributed by atoms with Crippen LogP contribution in [0.3, 0.4) is 0 Å². The van der Waals surface area contributed by atoms with Gasteiger partial charge in [-0.15, -0.1) is 0 Å². The van der Waals surface area contributed by atoms with Crippen LogP contribution in [0.5, 0.6) is 5.75 Å². The van der Waals surface area contributed by atoms with Crippen molar-refractivity contribution >= 4 is 6.08 Å². The quantitative estimate of drug-likeness (QED) is 0.918. The van der Waals surface area contributed by atoms with Crippen LogP contribution in [0.25, 0.3) is 6.08 Å². The van der Waals surface area contributed by atoms with Crippen molar-refractivity contribution in [1.29, 1.82) is 0 Å². The number of ether oxygens (including phenoxy) is 2. The first kappa shape index (κ1) is 15.4. The van der Waals surface area contributed by atoms with Gasteiger partial charge in [0, 0.05) is 50.0 Å². The Morgan fingerprint density at radius 1 is 1.33 bits per heavy atom. The zero-order valence-electron chi connectivity index (χ0n) is 13.9. The predicted molar refractivity (Wildman–Crippen MR) is 92.8 cm³/mol. The van der Waals surface area contributed by atoms with Crippen LogP contribution >= 0.6 is 0 Å². The Hall–Kier alpha value is -2.11. The molecule has 126 valence electrons. The van der Waals surface area contributed by atoms with Crippen molar-refractivity contribution in [3.63, 3.8) is 0 Å². The Balaban J connectivity index is 1.33. The van der Waals surface area contributed by atoms with E-state index in [0.717, 1.165) is 37.4 Å². The highest BCUT2D eigenvalue weighted by Crippen LogP contribution is 2.33. The number of rotatable bonds is 5. The van der Waals surface area contributed by atoms with Gasteiger partial charge in [0.1, 0.15) is 12.4 Å². The van der Waals surface area contributed by atoms with Crippen LogP contribution in [0.1, 0.15) is 23.7 Å². The smallest absolute Gasteiger partial charge is 0.127 e. The van der Waals surface area contributed by atoms with Crippen molar-refractivity contribution in [1.82, 2.24) is 15.1 Å². The number of benzene rings is 1. The molecule has 0 radical (unpaired) electrons. The number of aryl methyl sites for hydroxylation is 1. The first-order chi connectivity index (χ1) is 11.8. The molecule has 1 saturated heterocycles. The molecule has 3 heterocycles. The normalized spacial score (nSPS) is 22.8. The van der Waals surface area contributed by atoms with Gasteiger partial charge in [-0.1, -0.05) is 18.2 Å². The molecule has 0 aliphatic carbocycles. The van der Waals surface area contributed by atoms with Crippen LogP contribution < -0.4 is 10.1 Å². The van der Waals surface area contributed by atoms with E-state index in [-0.39, 0.29) is 6.10 Å². The molecule has 1 aromatic carbocycles. The molecule has 1 fully saturated rings. The molecular formula is C19H23N3O2. The second-order valence-corrected chi connectivity index (χ2v) is 6.55. The van der Waals surface area contributed by atoms with E-state index in [1.54, 1.807) is 0 Å². The van der Waals surface area contributed by atoms with Crippen LogP contribution in [0.15, 0.2) is 42.2 Å². The van der Waals surface area contributed by atoms with Crippen molar-refractivity contribution in [3.8, 4) is 5.75 Å². The summed E-state index contributed by atoms with van der Waals surface area (Å²) < 4.78 is 13.6. The SMILES string of the molecule is Cn1cc(C2OCCC2CNCC2=Cc3ccccc3OC2)cn1. The van der Waals surface area contributed by atoms with Crippen LogP contribution in [0, 0.1) is 5.92 Å². The zero-order chi connectivity index (χ0) is 16.4. The predicted octanol–water partition coefficient (Wildman–Crippen LogP) is 2.56. The monoisotopic (exact) mass is 325 g/mol. The lowest BCUT2D eigenvalue weighted by molar-refractivity contribution is 0.0906. The summed E-state index contributed by atoms with van der Waals surface area (Å²) in [5, 5.41) is 7.84. The number of fused-ring (bicyclic) bond motifs is 1. The van der Waals surface area contributed by atoms with Gasteiger partial charge in [-0.2, -0.15) is 5.10 Å². The minimum absolute atomic E-state index is 0.156. The summed E-state index contributed by atoms with van der Waals surface area (Å²) in [5.41, 5.74) is 3.62. The van der Waals surface area contributed by atoms with Gasteiger partial charge in [-0.05, 0) is 24.1 Å². The molecule has 2 aliphatic heterocycles. The third-order valence-electron chi connectivity index (χ3n) is 4.72. The average molecular weight is 325 g/mol. The first-order valence-corrected chi connectivity index (χ1v) is 8.52. The molecule has 24 heavy (non-hydrogen) atoms. The second kappa shape index (κ2) is 6.79. The van der Waals surface area contributed by atoms with Crippen molar-refractivity contribution in [2.24, 2.45) is 13.0 Å². The Labute approximate surface area is 142 Å². The largest absolute Gasteiger partial charge is 0.489 e. The molecule has 2 aromatic rings. The number of nitrogens with one attached hydrogen (secondary N) is 1. The summed E-state index contributed by atoms with van der Waals surface area (Å²) in [6.45, 7) is 3.28. The molecule has 2 unspecified atom stereocenters. The number of nitrogens with zero attached hydrogens (tertiary/aromatic N) is 2. The van der Waals surface area contributed by atoms with Crippen molar-refractivity contribution in [3.05, 3.63) is 53.4 Å². The standard InChI is InChI=1S/C19H23N3O2/c1-22-12-17(11-21-22)19-16(6-7-23-19)10-20-9-14-8-15-4-2-3-5-18(15)24-13-14/h2-5,8,11-12,16,19-20H,6-7,9-10,13H2,1H3. The van der Waals surface area contributed by atoms with Crippen LogP contribution in [0.2, 0.25) is 0 Å². The summed E-state index contributed by atoms with van der Waals surface area (Å²) in [6.07, 6.45) is 7.44. The van der Waals surface area contributed by atoms with Gasteiger partial charge in [-0.3, -0.25) is 4.68 Å². The topological polar surface area (TPSA) is 48.3 Å². The highest BCUT2D eigenvalue weighted by atomic mass is 16.5. The first-order valence-electron chi connectivity index (χ1n) is 8.52. The van der Waals surface area contributed by atoms with E-state index < -0.39 is 0 Å². The highest BCUT2D eigenvalue weighted by molar-refractivity contribution is 5.62. The third-order valence-corrected chi connectivity index (χ3v) is 4.72. The van der Waals surface area contributed by atoms with E-state index in [0.29, 0.717) is 12.5 Å². The van der Waals surface area contributed by atoms with Gasteiger partial charge in [-0.25, -0.2) is 0 Å². The summed E-state index contributed by atoms with van der Waals surface area (Å²) >= 11 is 0. The third kappa shape index (κ3) is 3.23. The minimum atomic E-state index is 0.156. The average Bonchev–Trinajstić information content (AvgIpc) is 3.23. The van der Waals surface area contributed by atoms with Crippen LogP contribution in [-0.2, 0) is 11.8 Å². The fourth-order valence-electron chi connectivity index (χ4n) is 3.48. The lowest BCUT2D eigenvalue weighted by Crippen LogP contribution is -2.28. The molecule has 4 rings (SSSR count). The molecule has 5 heteroatoms. The maximum atomic E-state index is 5.92. The number of aromatic nitrogens is 2. The fourth-order valence-corrected chi connectivity index (χ4v) is 3.48. The summed E-state index contributed by atoms with van der Waals surface area (Å²) in [7, 11) is 1.94. The molecule has 1 aromatic heterocycles. The molecule has 0 saturated carbocycles. The van der Waals surface area contributed by atoms with Crippen molar-refractivity contribution < 1.29 is 9.47 Å². The number of hydrogen-bond donors (Lipinski definition) is 1. The Bertz CT molecular complexity index is 738. The van der Waals surface area contributed by atoms with E-state index >= 15 is 0 Å². The summed E-state index contributed by atoms with van der Waals surface area (Å²) in [4.78, 5) is 0. The number of para-hydroxylation sites is 1. The van der Waals surface area contributed by atoms with E-state index in [1.165, 1.54) is 11.1 Å².